The second-order valence-corrected chi connectivity index (χ2v) is 7.96. The molecule has 0 spiro atoms. The summed E-state index contributed by atoms with van der Waals surface area (Å²) in [7, 11) is -3.51. The molecule has 0 aliphatic carbocycles. The third-order valence-corrected chi connectivity index (χ3v) is 6.54. The van der Waals surface area contributed by atoms with Crippen LogP contribution in [0.5, 0.6) is 0 Å². The highest BCUT2D eigenvalue weighted by atomic mass is 32.2. The molecule has 0 N–H and O–H groups in total. The summed E-state index contributed by atoms with van der Waals surface area (Å²) < 4.78 is 27.8. The van der Waals surface area contributed by atoms with E-state index in [0.717, 1.165) is 16.6 Å². The van der Waals surface area contributed by atoms with Crippen LogP contribution in [0.15, 0.2) is 71.8 Å². The molecule has 1 aliphatic heterocycles. The molecule has 3 aromatic rings. The summed E-state index contributed by atoms with van der Waals surface area (Å²) in [6.07, 6.45) is 1.76. The first-order chi connectivity index (χ1) is 12.2. The second kappa shape index (κ2) is 6.46. The molecule has 1 fully saturated rings. The molecule has 6 heteroatoms. The molecule has 128 valence electrons. The average Bonchev–Trinajstić information content (AvgIpc) is 2.68. The molecule has 0 atom stereocenters. The van der Waals surface area contributed by atoms with Crippen molar-refractivity contribution in [1.29, 1.82) is 0 Å². The van der Waals surface area contributed by atoms with Gasteiger partial charge in [0, 0.05) is 37.8 Å². The van der Waals surface area contributed by atoms with Crippen LogP contribution in [0.4, 0.5) is 5.82 Å². The van der Waals surface area contributed by atoms with Crippen molar-refractivity contribution in [2.75, 3.05) is 31.1 Å². The summed E-state index contributed by atoms with van der Waals surface area (Å²) >= 11 is 0. The first kappa shape index (κ1) is 16.1. The van der Waals surface area contributed by atoms with Crippen LogP contribution in [0.3, 0.4) is 0 Å². The van der Waals surface area contributed by atoms with Crippen LogP contribution in [-0.2, 0) is 10.0 Å². The SMILES string of the molecule is O=S(=O)(c1cccc2ccccc12)N1CCN(c2ccccn2)CC1. The maximum atomic E-state index is 13.1. The van der Waals surface area contributed by atoms with Gasteiger partial charge in [-0.15, -0.1) is 0 Å². The van der Waals surface area contributed by atoms with Crippen molar-refractivity contribution in [3.05, 3.63) is 66.9 Å². The number of piperazine rings is 1. The van der Waals surface area contributed by atoms with Crippen LogP contribution in [0, 0.1) is 0 Å². The lowest BCUT2D eigenvalue weighted by Gasteiger charge is -2.34. The van der Waals surface area contributed by atoms with Gasteiger partial charge in [0.25, 0.3) is 0 Å². The van der Waals surface area contributed by atoms with Crippen LogP contribution in [-0.4, -0.2) is 43.9 Å². The fourth-order valence-electron chi connectivity index (χ4n) is 3.26. The molecule has 1 aliphatic rings. The zero-order valence-corrected chi connectivity index (χ0v) is 14.6. The number of fused-ring (bicyclic) bond motifs is 1. The maximum Gasteiger partial charge on any atom is 0.243 e. The summed E-state index contributed by atoms with van der Waals surface area (Å²) in [6.45, 7) is 2.20. The largest absolute Gasteiger partial charge is 0.354 e. The minimum atomic E-state index is -3.51. The summed E-state index contributed by atoms with van der Waals surface area (Å²) in [5, 5.41) is 1.72. The van der Waals surface area contributed by atoms with Gasteiger partial charge in [-0.1, -0.05) is 42.5 Å². The van der Waals surface area contributed by atoms with Gasteiger partial charge in [-0.25, -0.2) is 13.4 Å². The summed E-state index contributed by atoms with van der Waals surface area (Å²) in [4.78, 5) is 6.85. The quantitative estimate of drug-likeness (QED) is 0.727. The Morgan fingerprint density at radius 1 is 0.800 bits per heavy atom. The van der Waals surface area contributed by atoms with Crippen molar-refractivity contribution in [3.8, 4) is 0 Å². The van der Waals surface area contributed by atoms with E-state index in [1.165, 1.54) is 0 Å². The van der Waals surface area contributed by atoms with Crippen molar-refractivity contribution in [2.24, 2.45) is 0 Å². The summed E-state index contributed by atoms with van der Waals surface area (Å²) in [5.41, 5.74) is 0. The van der Waals surface area contributed by atoms with Crippen LogP contribution in [0.1, 0.15) is 0 Å². The molecule has 1 saturated heterocycles. The number of hydrogen-bond donors (Lipinski definition) is 0. The predicted octanol–water partition coefficient (Wildman–Crippen LogP) is 2.75. The molecular weight excluding hydrogens is 334 g/mol. The Morgan fingerprint density at radius 3 is 2.28 bits per heavy atom. The molecule has 0 amide bonds. The lowest BCUT2D eigenvalue weighted by atomic mass is 10.1. The van der Waals surface area contributed by atoms with Crippen LogP contribution in [0.25, 0.3) is 10.8 Å². The van der Waals surface area contributed by atoms with E-state index in [1.807, 2.05) is 48.5 Å². The molecule has 1 aromatic heterocycles. The molecule has 0 saturated carbocycles. The Balaban J connectivity index is 1.60. The maximum absolute atomic E-state index is 13.1. The van der Waals surface area contributed by atoms with E-state index in [4.69, 9.17) is 0 Å². The highest BCUT2D eigenvalue weighted by molar-refractivity contribution is 7.89. The lowest BCUT2D eigenvalue weighted by molar-refractivity contribution is 0.384. The topological polar surface area (TPSA) is 53.5 Å². The number of anilines is 1. The molecule has 0 unspecified atom stereocenters. The van der Waals surface area contributed by atoms with Gasteiger partial charge in [0.2, 0.25) is 10.0 Å². The minimum Gasteiger partial charge on any atom is -0.354 e. The standard InChI is InChI=1S/C19H19N3O2S/c23-25(24,18-9-5-7-16-6-1-2-8-17(16)18)22-14-12-21(13-15-22)19-10-3-4-11-20-19/h1-11H,12-15H2. The van der Waals surface area contributed by atoms with E-state index in [-0.39, 0.29) is 0 Å². The number of rotatable bonds is 3. The van der Waals surface area contributed by atoms with Crippen molar-refractivity contribution < 1.29 is 8.42 Å². The fourth-order valence-corrected chi connectivity index (χ4v) is 4.89. The molecular formula is C19H19N3O2S. The average molecular weight is 353 g/mol. The van der Waals surface area contributed by atoms with Crippen molar-refractivity contribution in [2.45, 2.75) is 4.90 Å². The second-order valence-electron chi connectivity index (χ2n) is 6.06. The number of aromatic nitrogens is 1. The van der Waals surface area contributed by atoms with Gasteiger partial charge in [-0.05, 0) is 23.6 Å². The Labute approximate surface area is 147 Å². The number of benzene rings is 2. The monoisotopic (exact) mass is 353 g/mol. The number of pyridine rings is 1. The first-order valence-corrected chi connectivity index (χ1v) is 9.74. The Bertz CT molecular complexity index is 976. The van der Waals surface area contributed by atoms with E-state index in [2.05, 4.69) is 9.88 Å². The van der Waals surface area contributed by atoms with Gasteiger partial charge in [0.05, 0.1) is 4.90 Å². The third-order valence-electron chi connectivity index (χ3n) is 4.58. The molecule has 0 bridgehead atoms. The van der Waals surface area contributed by atoms with Gasteiger partial charge in [-0.3, -0.25) is 0 Å². The molecule has 2 heterocycles. The highest BCUT2D eigenvalue weighted by Crippen LogP contribution is 2.26. The Morgan fingerprint density at radius 2 is 1.52 bits per heavy atom. The fraction of sp³-hybridized carbons (Fsp3) is 0.211. The van der Waals surface area contributed by atoms with Crippen molar-refractivity contribution in [1.82, 2.24) is 9.29 Å². The lowest BCUT2D eigenvalue weighted by Crippen LogP contribution is -2.48. The minimum absolute atomic E-state index is 0.386. The number of sulfonamides is 1. The van der Waals surface area contributed by atoms with Gasteiger partial charge in [0.15, 0.2) is 0 Å². The number of hydrogen-bond acceptors (Lipinski definition) is 4. The molecule has 4 rings (SSSR count). The van der Waals surface area contributed by atoms with Gasteiger partial charge in [-0.2, -0.15) is 4.31 Å². The van der Waals surface area contributed by atoms with E-state index in [1.54, 1.807) is 22.6 Å². The smallest absolute Gasteiger partial charge is 0.243 e. The first-order valence-electron chi connectivity index (χ1n) is 8.30. The Hall–Kier alpha value is -2.44. The van der Waals surface area contributed by atoms with Crippen LogP contribution in [0.2, 0.25) is 0 Å². The van der Waals surface area contributed by atoms with Gasteiger partial charge in [0.1, 0.15) is 5.82 Å². The van der Waals surface area contributed by atoms with Crippen LogP contribution < -0.4 is 4.90 Å². The number of nitrogens with zero attached hydrogens (tertiary/aromatic N) is 3. The summed E-state index contributed by atoms with van der Waals surface area (Å²) in [5.74, 6) is 0.893. The van der Waals surface area contributed by atoms with E-state index >= 15 is 0 Å². The zero-order valence-electron chi connectivity index (χ0n) is 13.7. The van der Waals surface area contributed by atoms with E-state index < -0.39 is 10.0 Å². The molecule has 25 heavy (non-hydrogen) atoms. The molecule has 5 nitrogen and oxygen atoms in total. The van der Waals surface area contributed by atoms with Gasteiger partial charge >= 0.3 is 0 Å². The zero-order chi connectivity index (χ0) is 17.3. The van der Waals surface area contributed by atoms with Crippen molar-refractivity contribution in [3.63, 3.8) is 0 Å². The molecule has 0 radical (unpaired) electrons. The summed E-state index contributed by atoms with van der Waals surface area (Å²) in [6, 6.07) is 18.8. The van der Waals surface area contributed by atoms with E-state index in [9.17, 15) is 8.42 Å². The Kier molecular flexibility index (Phi) is 4.15. The third kappa shape index (κ3) is 2.99. The van der Waals surface area contributed by atoms with Crippen molar-refractivity contribution >= 4 is 26.6 Å². The normalized spacial score (nSPS) is 16.2. The van der Waals surface area contributed by atoms with Crippen LogP contribution >= 0.6 is 0 Å². The van der Waals surface area contributed by atoms with Gasteiger partial charge < -0.3 is 4.90 Å². The van der Waals surface area contributed by atoms with E-state index in [0.29, 0.717) is 31.1 Å². The highest BCUT2D eigenvalue weighted by Gasteiger charge is 2.29. The predicted molar refractivity (Wildman–Crippen MR) is 99.2 cm³/mol. The molecule has 2 aromatic carbocycles.